The third-order valence-electron chi connectivity index (χ3n) is 5.53. The highest BCUT2D eigenvalue weighted by atomic mass is 35.5. The SMILES string of the molecule is CC(=O)c1ccc(NC(=O)[C@H](C)[NH+]2CC[NH+](Cc3ccc(Cl)cc3)CC2)cc1. The van der Waals surface area contributed by atoms with E-state index in [2.05, 4.69) is 17.4 Å². The molecule has 1 fully saturated rings. The number of carbonyl (C=O) groups is 2. The number of benzene rings is 2. The highest BCUT2D eigenvalue weighted by Crippen LogP contribution is 2.10. The third-order valence-corrected chi connectivity index (χ3v) is 5.78. The molecule has 1 amide bonds. The van der Waals surface area contributed by atoms with Crippen molar-refractivity contribution in [2.24, 2.45) is 0 Å². The summed E-state index contributed by atoms with van der Waals surface area (Å²) in [7, 11) is 0. The Morgan fingerprint density at radius 3 is 2.18 bits per heavy atom. The van der Waals surface area contributed by atoms with Gasteiger partial charge in [-0.3, -0.25) is 9.59 Å². The molecule has 1 atom stereocenters. The molecule has 0 aliphatic carbocycles. The number of amides is 1. The van der Waals surface area contributed by atoms with Crippen LogP contribution in [0.4, 0.5) is 5.69 Å². The van der Waals surface area contributed by atoms with Gasteiger partial charge >= 0.3 is 0 Å². The monoisotopic (exact) mass is 401 g/mol. The molecule has 0 aromatic heterocycles. The Morgan fingerprint density at radius 2 is 1.61 bits per heavy atom. The van der Waals surface area contributed by atoms with E-state index < -0.39 is 0 Å². The molecular formula is C22H28ClN3O2+2. The maximum Gasteiger partial charge on any atom is 0.282 e. The molecule has 28 heavy (non-hydrogen) atoms. The van der Waals surface area contributed by atoms with Gasteiger partial charge < -0.3 is 15.1 Å². The maximum absolute atomic E-state index is 12.6. The van der Waals surface area contributed by atoms with Gasteiger partial charge in [0.05, 0.1) is 0 Å². The van der Waals surface area contributed by atoms with Gasteiger partial charge in [0.1, 0.15) is 32.7 Å². The number of quaternary nitrogens is 2. The van der Waals surface area contributed by atoms with Crippen LogP contribution in [0, 0.1) is 0 Å². The van der Waals surface area contributed by atoms with Crippen molar-refractivity contribution in [2.45, 2.75) is 26.4 Å². The highest BCUT2D eigenvalue weighted by Gasteiger charge is 2.31. The lowest BCUT2D eigenvalue weighted by molar-refractivity contribution is -1.02. The molecule has 0 radical (unpaired) electrons. The fourth-order valence-electron chi connectivity index (χ4n) is 3.65. The van der Waals surface area contributed by atoms with Gasteiger partial charge in [-0.15, -0.1) is 0 Å². The Morgan fingerprint density at radius 1 is 1.00 bits per heavy atom. The van der Waals surface area contributed by atoms with Crippen molar-refractivity contribution in [3.05, 3.63) is 64.7 Å². The van der Waals surface area contributed by atoms with Gasteiger partial charge in [0.2, 0.25) is 0 Å². The Labute approximate surface area is 171 Å². The number of carbonyl (C=O) groups excluding carboxylic acids is 2. The summed E-state index contributed by atoms with van der Waals surface area (Å²) >= 11 is 5.95. The zero-order valence-corrected chi connectivity index (χ0v) is 17.2. The van der Waals surface area contributed by atoms with Crippen LogP contribution >= 0.6 is 11.6 Å². The lowest BCUT2D eigenvalue weighted by Crippen LogP contribution is -3.29. The second-order valence-electron chi connectivity index (χ2n) is 7.56. The van der Waals surface area contributed by atoms with Crippen LogP contribution in [0.5, 0.6) is 0 Å². The molecule has 2 aromatic carbocycles. The predicted molar refractivity (Wildman–Crippen MR) is 111 cm³/mol. The predicted octanol–water partition coefficient (Wildman–Crippen LogP) is 0.853. The summed E-state index contributed by atoms with van der Waals surface area (Å²) in [5.41, 5.74) is 2.67. The number of hydrogen-bond donors (Lipinski definition) is 3. The summed E-state index contributed by atoms with van der Waals surface area (Å²) in [4.78, 5) is 26.8. The van der Waals surface area contributed by atoms with Gasteiger partial charge in [0.25, 0.3) is 5.91 Å². The molecule has 0 spiro atoms. The van der Waals surface area contributed by atoms with E-state index in [1.165, 1.54) is 17.4 Å². The van der Waals surface area contributed by atoms with Crippen molar-refractivity contribution in [3.8, 4) is 0 Å². The van der Waals surface area contributed by atoms with Gasteiger partial charge in [-0.05, 0) is 50.2 Å². The number of piperazine rings is 1. The minimum absolute atomic E-state index is 0.0201. The molecule has 2 aromatic rings. The van der Waals surface area contributed by atoms with Crippen LogP contribution in [0.2, 0.25) is 5.02 Å². The molecule has 1 aliphatic heterocycles. The summed E-state index contributed by atoms with van der Waals surface area (Å²) in [6.07, 6.45) is 0. The highest BCUT2D eigenvalue weighted by molar-refractivity contribution is 6.30. The first-order valence-corrected chi connectivity index (χ1v) is 10.1. The smallest absolute Gasteiger partial charge is 0.282 e. The minimum atomic E-state index is -0.107. The van der Waals surface area contributed by atoms with Crippen molar-refractivity contribution in [2.75, 3.05) is 31.5 Å². The number of Topliss-reactive ketones (excluding diaryl/α,β-unsaturated/α-hetero) is 1. The molecule has 0 unspecified atom stereocenters. The molecule has 3 rings (SSSR count). The largest absolute Gasteiger partial charge is 0.322 e. The van der Waals surface area contributed by atoms with E-state index in [0.717, 1.165) is 43.4 Å². The van der Waals surface area contributed by atoms with Crippen LogP contribution < -0.4 is 15.1 Å². The van der Waals surface area contributed by atoms with Crippen LogP contribution in [0.3, 0.4) is 0 Å². The van der Waals surface area contributed by atoms with Crippen molar-refractivity contribution >= 4 is 29.0 Å². The molecule has 5 nitrogen and oxygen atoms in total. The Bertz CT molecular complexity index is 813. The number of nitrogens with one attached hydrogen (secondary N) is 3. The quantitative estimate of drug-likeness (QED) is 0.629. The first kappa shape index (κ1) is 20.5. The van der Waals surface area contributed by atoms with E-state index in [4.69, 9.17) is 11.6 Å². The molecule has 1 heterocycles. The van der Waals surface area contributed by atoms with Crippen LogP contribution in [-0.4, -0.2) is 43.9 Å². The number of hydrogen-bond acceptors (Lipinski definition) is 2. The summed E-state index contributed by atoms with van der Waals surface area (Å²) in [5, 5.41) is 3.74. The molecular weight excluding hydrogens is 374 g/mol. The number of halogens is 1. The van der Waals surface area contributed by atoms with E-state index in [1.807, 2.05) is 19.1 Å². The molecule has 0 saturated carbocycles. The lowest BCUT2D eigenvalue weighted by Gasteiger charge is -2.32. The van der Waals surface area contributed by atoms with Gasteiger partial charge in [-0.2, -0.15) is 0 Å². The molecule has 6 heteroatoms. The molecule has 3 N–H and O–H groups in total. The average molecular weight is 402 g/mol. The van der Waals surface area contributed by atoms with Gasteiger partial charge in [0, 0.05) is 21.8 Å². The number of ketones is 1. The topological polar surface area (TPSA) is 55.0 Å². The van der Waals surface area contributed by atoms with Crippen LogP contribution in [0.25, 0.3) is 0 Å². The van der Waals surface area contributed by atoms with E-state index in [1.54, 1.807) is 29.2 Å². The maximum atomic E-state index is 12.6. The molecule has 1 saturated heterocycles. The first-order chi connectivity index (χ1) is 13.4. The van der Waals surface area contributed by atoms with Gasteiger partial charge in [-0.1, -0.05) is 23.7 Å². The van der Waals surface area contributed by atoms with Gasteiger partial charge in [-0.25, -0.2) is 0 Å². The van der Waals surface area contributed by atoms with Crippen LogP contribution in [-0.2, 0) is 11.3 Å². The average Bonchev–Trinajstić information content (AvgIpc) is 2.70. The lowest BCUT2D eigenvalue weighted by atomic mass is 10.1. The van der Waals surface area contributed by atoms with Crippen molar-refractivity contribution in [1.82, 2.24) is 0 Å². The molecule has 148 valence electrons. The summed E-state index contributed by atoms with van der Waals surface area (Å²) in [6.45, 7) is 8.55. The van der Waals surface area contributed by atoms with Crippen molar-refractivity contribution in [1.29, 1.82) is 0 Å². The second kappa shape index (κ2) is 9.32. The Hall–Kier alpha value is -2.21. The number of anilines is 1. The zero-order valence-electron chi connectivity index (χ0n) is 16.4. The van der Waals surface area contributed by atoms with Crippen molar-refractivity contribution in [3.63, 3.8) is 0 Å². The summed E-state index contributed by atoms with van der Waals surface area (Å²) in [5.74, 6) is 0.0430. The summed E-state index contributed by atoms with van der Waals surface area (Å²) < 4.78 is 0. The zero-order chi connectivity index (χ0) is 20.1. The Balaban J connectivity index is 1.48. The second-order valence-corrected chi connectivity index (χ2v) is 7.99. The van der Waals surface area contributed by atoms with E-state index in [9.17, 15) is 9.59 Å². The fourth-order valence-corrected chi connectivity index (χ4v) is 3.78. The number of rotatable bonds is 6. The van der Waals surface area contributed by atoms with E-state index >= 15 is 0 Å². The van der Waals surface area contributed by atoms with Crippen LogP contribution in [0.1, 0.15) is 29.8 Å². The van der Waals surface area contributed by atoms with Crippen molar-refractivity contribution < 1.29 is 19.4 Å². The fraction of sp³-hybridized carbons (Fsp3) is 0.364. The first-order valence-electron chi connectivity index (χ1n) is 9.77. The molecule has 0 bridgehead atoms. The van der Waals surface area contributed by atoms with E-state index in [0.29, 0.717) is 5.56 Å². The molecule has 1 aliphatic rings. The minimum Gasteiger partial charge on any atom is -0.322 e. The third kappa shape index (κ3) is 5.41. The van der Waals surface area contributed by atoms with E-state index in [-0.39, 0.29) is 17.7 Å². The van der Waals surface area contributed by atoms with Crippen LogP contribution in [0.15, 0.2) is 48.5 Å². The Kier molecular flexibility index (Phi) is 6.83. The standard InChI is InChI=1S/C22H26ClN3O2/c1-16(22(28)24-21-9-5-19(6-10-21)17(2)27)26-13-11-25(12-14-26)15-18-3-7-20(23)8-4-18/h3-10,16H,11-15H2,1-2H3,(H,24,28)/p+2/t16-/m0/s1. The van der Waals surface area contributed by atoms with Gasteiger partial charge in [0.15, 0.2) is 11.8 Å². The normalized spacial score (nSPS) is 20.4. The summed E-state index contributed by atoms with van der Waals surface area (Å²) in [6, 6.07) is 15.0.